The van der Waals surface area contributed by atoms with E-state index in [0.29, 0.717) is 23.0 Å². The summed E-state index contributed by atoms with van der Waals surface area (Å²) in [6.07, 6.45) is 2.94. The van der Waals surface area contributed by atoms with E-state index in [0.717, 1.165) is 5.69 Å². The van der Waals surface area contributed by atoms with Gasteiger partial charge in [0.15, 0.2) is 5.65 Å². The quantitative estimate of drug-likeness (QED) is 0.599. The van der Waals surface area contributed by atoms with Crippen LogP contribution in [0.2, 0.25) is 0 Å². The van der Waals surface area contributed by atoms with Gasteiger partial charge < -0.3 is 15.1 Å². The first-order valence-corrected chi connectivity index (χ1v) is 7.06. The van der Waals surface area contributed by atoms with Gasteiger partial charge in [0, 0.05) is 18.1 Å². The van der Waals surface area contributed by atoms with Crippen molar-refractivity contribution in [1.29, 1.82) is 0 Å². The van der Waals surface area contributed by atoms with Gasteiger partial charge in [0.1, 0.15) is 12.1 Å². The number of benzene rings is 1. The van der Waals surface area contributed by atoms with Crippen LogP contribution in [0.25, 0.3) is 11.2 Å². The van der Waals surface area contributed by atoms with E-state index in [4.69, 9.17) is 11.5 Å². The average Bonchev–Trinajstić information content (AvgIpc) is 3.05. The second kappa shape index (κ2) is 5.88. The fourth-order valence-electron chi connectivity index (χ4n) is 2.20. The SMILES string of the molecule is [2H]c1cnc2cnc(N(Cc3nnc(N)o3)c3ccccc3)nc2n1. The van der Waals surface area contributed by atoms with E-state index >= 15 is 0 Å². The van der Waals surface area contributed by atoms with Crippen LogP contribution in [0.1, 0.15) is 7.26 Å². The highest BCUT2D eigenvalue weighted by Crippen LogP contribution is 2.24. The normalized spacial score (nSPS) is 11.4. The van der Waals surface area contributed by atoms with Crippen LogP contribution in [0, 0.1) is 0 Å². The number of anilines is 3. The number of fused-ring (bicyclic) bond motifs is 1. The van der Waals surface area contributed by atoms with Gasteiger partial charge in [-0.1, -0.05) is 23.3 Å². The summed E-state index contributed by atoms with van der Waals surface area (Å²) < 4.78 is 12.9. The van der Waals surface area contributed by atoms with Crippen LogP contribution in [0.5, 0.6) is 0 Å². The minimum absolute atomic E-state index is 0.00726. The van der Waals surface area contributed by atoms with E-state index in [1.165, 1.54) is 6.20 Å². The van der Waals surface area contributed by atoms with Gasteiger partial charge in [-0.2, -0.15) is 4.98 Å². The molecule has 0 bridgehead atoms. The third-order valence-electron chi connectivity index (χ3n) is 3.25. The number of aromatic nitrogens is 6. The molecule has 0 aliphatic rings. The number of hydrogen-bond acceptors (Lipinski definition) is 9. The lowest BCUT2D eigenvalue weighted by Crippen LogP contribution is -2.19. The van der Waals surface area contributed by atoms with Crippen LogP contribution < -0.4 is 10.6 Å². The van der Waals surface area contributed by atoms with Crippen molar-refractivity contribution < 1.29 is 5.79 Å². The van der Waals surface area contributed by atoms with Crippen LogP contribution in [-0.4, -0.2) is 30.1 Å². The average molecular weight is 321 g/mol. The van der Waals surface area contributed by atoms with Crippen molar-refractivity contribution in [2.75, 3.05) is 10.6 Å². The summed E-state index contributed by atoms with van der Waals surface area (Å²) in [7, 11) is 0. The lowest BCUT2D eigenvalue weighted by atomic mass is 10.3. The first-order chi connectivity index (χ1) is 12.2. The van der Waals surface area contributed by atoms with E-state index in [1.54, 1.807) is 11.1 Å². The molecule has 3 aromatic heterocycles. The molecule has 0 radical (unpaired) electrons. The van der Waals surface area contributed by atoms with Crippen molar-refractivity contribution in [3.05, 3.63) is 54.8 Å². The molecule has 24 heavy (non-hydrogen) atoms. The third-order valence-corrected chi connectivity index (χ3v) is 3.25. The Morgan fingerprint density at radius 1 is 1.12 bits per heavy atom. The molecule has 0 saturated heterocycles. The molecule has 0 fully saturated rings. The third kappa shape index (κ3) is 2.70. The Balaban J connectivity index is 1.79. The summed E-state index contributed by atoms with van der Waals surface area (Å²) in [5, 5.41) is 7.55. The number of nitrogens with two attached hydrogens (primary N) is 1. The van der Waals surface area contributed by atoms with E-state index in [1.807, 2.05) is 30.3 Å². The van der Waals surface area contributed by atoms with Gasteiger partial charge in [0.05, 0.1) is 7.57 Å². The van der Waals surface area contributed by atoms with Crippen LogP contribution in [0.3, 0.4) is 0 Å². The molecule has 0 atom stereocenters. The Kier molecular flexibility index (Phi) is 3.15. The second-order valence-corrected chi connectivity index (χ2v) is 4.83. The van der Waals surface area contributed by atoms with Crippen LogP contribution >= 0.6 is 0 Å². The molecule has 118 valence electrons. The standard InChI is InChI=1S/C15H12N8O/c16-14-22-21-12(24-14)9-23(10-4-2-1-3-5-10)15-19-8-11-13(20-15)18-7-6-17-11/h1-8H,9H2,(H2,16,22)/i7D. The zero-order valence-electron chi connectivity index (χ0n) is 13.4. The molecular formula is C15H12N8O. The maximum Gasteiger partial charge on any atom is 0.312 e. The predicted octanol–water partition coefficient (Wildman–Crippen LogP) is 1.72. The monoisotopic (exact) mass is 321 g/mol. The van der Waals surface area contributed by atoms with Crippen molar-refractivity contribution >= 4 is 28.8 Å². The van der Waals surface area contributed by atoms with Gasteiger partial charge in [-0.05, 0) is 12.1 Å². The minimum atomic E-state index is -0.00726. The van der Waals surface area contributed by atoms with E-state index in [2.05, 4.69) is 30.1 Å². The highest BCUT2D eigenvalue weighted by atomic mass is 16.4. The molecule has 9 nitrogen and oxygen atoms in total. The summed E-state index contributed by atoms with van der Waals surface area (Å²) in [4.78, 5) is 18.7. The number of nitrogens with zero attached hydrogens (tertiary/aromatic N) is 7. The summed E-state index contributed by atoms with van der Waals surface area (Å²) in [5.41, 5.74) is 7.17. The summed E-state index contributed by atoms with van der Waals surface area (Å²) in [6, 6.07) is 9.50. The van der Waals surface area contributed by atoms with Gasteiger partial charge in [-0.15, -0.1) is 5.10 Å². The molecule has 0 amide bonds. The van der Waals surface area contributed by atoms with Crippen LogP contribution in [-0.2, 0) is 6.54 Å². The van der Waals surface area contributed by atoms with E-state index in [-0.39, 0.29) is 18.7 Å². The summed E-state index contributed by atoms with van der Waals surface area (Å²) in [5.74, 6) is 0.695. The predicted molar refractivity (Wildman–Crippen MR) is 86.1 cm³/mol. The smallest absolute Gasteiger partial charge is 0.312 e. The molecule has 4 rings (SSSR count). The molecule has 1 aromatic carbocycles. The largest absolute Gasteiger partial charge is 0.406 e. The molecular weight excluding hydrogens is 308 g/mol. The Hall–Kier alpha value is -3.62. The number of nitrogen functional groups attached to an aromatic ring is 1. The Bertz CT molecular complexity index is 1020. The Morgan fingerprint density at radius 3 is 2.79 bits per heavy atom. The number of hydrogen-bond donors (Lipinski definition) is 1. The Morgan fingerprint density at radius 2 is 2.00 bits per heavy atom. The van der Waals surface area contributed by atoms with Gasteiger partial charge in [-0.3, -0.25) is 0 Å². The molecule has 2 N–H and O–H groups in total. The summed E-state index contributed by atoms with van der Waals surface area (Å²) in [6.45, 7) is 0.230. The zero-order chi connectivity index (χ0) is 17.2. The van der Waals surface area contributed by atoms with Gasteiger partial charge >= 0.3 is 6.01 Å². The van der Waals surface area contributed by atoms with Crippen LogP contribution in [0.4, 0.5) is 17.7 Å². The Labute approximate surface area is 137 Å². The van der Waals surface area contributed by atoms with Crippen LogP contribution in [0.15, 0.2) is 53.3 Å². The first kappa shape index (κ1) is 12.9. The van der Waals surface area contributed by atoms with E-state index < -0.39 is 0 Å². The van der Waals surface area contributed by atoms with Crippen molar-refractivity contribution in [2.45, 2.75) is 6.54 Å². The molecule has 0 unspecified atom stereocenters. The maximum absolute atomic E-state index is 7.61. The molecule has 0 aliphatic heterocycles. The highest BCUT2D eigenvalue weighted by molar-refractivity contribution is 5.70. The fourth-order valence-corrected chi connectivity index (χ4v) is 2.20. The molecule has 0 spiro atoms. The number of para-hydroxylation sites is 1. The number of rotatable bonds is 4. The zero-order valence-corrected chi connectivity index (χ0v) is 12.4. The molecule has 4 aromatic rings. The van der Waals surface area contributed by atoms with Crippen molar-refractivity contribution in [3.8, 4) is 0 Å². The fraction of sp³-hybridized carbons (Fsp3) is 0.0667. The van der Waals surface area contributed by atoms with E-state index in [9.17, 15) is 0 Å². The molecule has 0 aliphatic carbocycles. The summed E-state index contributed by atoms with van der Waals surface area (Å²) >= 11 is 0. The lowest BCUT2D eigenvalue weighted by molar-refractivity contribution is 0.509. The van der Waals surface area contributed by atoms with Crippen molar-refractivity contribution in [2.24, 2.45) is 0 Å². The highest BCUT2D eigenvalue weighted by Gasteiger charge is 2.17. The van der Waals surface area contributed by atoms with Crippen molar-refractivity contribution in [1.82, 2.24) is 30.1 Å². The first-order valence-electron chi connectivity index (χ1n) is 7.56. The molecule has 9 heteroatoms. The van der Waals surface area contributed by atoms with Gasteiger partial charge in [-0.25, -0.2) is 15.0 Å². The van der Waals surface area contributed by atoms with Gasteiger partial charge in [0.25, 0.3) is 0 Å². The lowest BCUT2D eigenvalue weighted by Gasteiger charge is -2.20. The topological polar surface area (TPSA) is 120 Å². The second-order valence-electron chi connectivity index (χ2n) is 4.83. The molecule has 0 saturated carbocycles. The van der Waals surface area contributed by atoms with Gasteiger partial charge in [0.2, 0.25) is 11.8 Å². The molecule has 3 heterocycles. The van der Waals surface area contributed by atoms with Crippen molar-refractivity contribution in [3.63, 3.8) is 0 Å². The minimum Gasteiger partial charge on any atom is -0.406 e. The maximum atomic E-state index is 7.61.